The van der Waals surface area contributed by atoms with Crippen molar-refractivity contribution in [1.82, 2.24) is 15.1 Å². The van der Waals surface area contributed by atoms with Crippen LogP contribution in [0.5, 0.6) is 0 Å². The Morgan fingerprint density at radius 1 is 1.33 bits per heavy atom. The Morgan fingerprint density at radius 2 is 2.13 bits per heavy atom. The zero-order valence-electron chi connectivity index (χ0n) is 9.41. The van der Waals surface area contributed by atoms with Crippen molar-refractivity contribution in [2.45, 2.75) is 6.42 Å². The largest absolute Gasteiger partial charge is 0.395 e. The van der Waals surface area contributed by atoms with Crippen LogP contribution < -0.4 is 5.32 Å². The van der Waals surface area contributed by atoms with Crippen LogP contribution in [0.2, 0.25) is 0 Å². The van der Waals surface area contributed by atoms with E-state index in [4.69, 9.17) is 5.11 Å². The van der Waals surface area contributed by atoms with Crippen LogP contribution >= 0.6 is 0 Å². The van der Waals surface area contributed by atoms with E-state index in [0.717, 1.165) is 32.6 Å². The van der Waals surface area contributed by atoms with Crippen LogP contribution in [-0.2, 0) is 4.79 Å². The standard InChI is InChI=1S/C10H21N3O2/c1-11-9-10(15)13-4-2-3-12(5-6-13)7-8-14/h11,14H,2-9H2,1H3. The molecule has 2 N–H and O–H groups in total. The lowest BCUT2D eigenvalue weighted by Crippen LogP contribution is -2.39. The second kappa shape index (κ2) is 6.76. The Kier molecular flexibility index (Phi) is 5.60. The number of hydrogen-bond donors (Lipinski definition) is 2. The number of hydrogen-bond acceptors (Lipinski definition) is 4. The first kappa shape index (κ1) is 12.4. The van der Waals surface area contributed by atoms with Crippen molar-refractivity contribution in [1.29, 1.82) is 0 Å². The van der Waals surface area contributed by atoms with Gasteiger partial charge in [0.15, 0.2) is 0 Å². The molecule has 0 bridgehead atoms. The lowest BCUT2D eigenvalue weighted by atomic mass is 10.3. The van der Waals surface area contributed by atoms with Gasteiger partial charge in [-0.05, 0) is 20.0 Å². The number of amides is 1. The van der Waals surface area contributed by atoms with Crippen LogP contribution in [0, 0.1) is 0 Å². The van der Waals surface area contributed by atoms with Crippen molar-refractivity contribution in [3.63, 3.8) is 0 Å². The third-order valence-corrected chi connectivity index (χ3v) is 2.69. The van der Waals surface area contributed by atoms with Crippen molar-refractivity contribution in [2.24, 2.45) is 0 Å². The number of rotatable bonds is 4. The van der Waals surface area contributed by atoms with Crippen molar-refractivity contribution in [2.75, 3.05) is 52.9 Å². The highest BCUT2D eigenvalue weighted by molar-refractivity contribution is 5.78. The highest BCUT2D eigenvalue weighted by Crippen LogP contribution is 2.02. The minimum absolute atomic E-state index is 0.170. The Bertz CT molecular complexity index is 199. The molecule has 1 aliphatic heterocycles. The zero-order valence-corrected chi connectivity index (χ0v) is 9.41. The van der Waals surface area contributed by atoms with Crippen LogP contribution in [-0.4, -0.2) is 73.7 Å². The molecule has 1 aliphatic rings. The van der Waals surface area contributed by atoms with Crippen molar-refractivity contribution in [3.05, 3.63) is 0 Å². The van der Waals surface area contributed by atoms with Crippen molar-refractivity contribution in [3.8, 4) is 0 Å². The number of carbonyl (C=O) groups excluding carboxylic acids is 1. The molecule has 5 heteroatoms. The molecule has 0 unspecified atom stereocenters. The van der Waals surface area contributed by atoms with E-state index in [-0.39, 0.29) is 12.5 Å². The summed E-state index contributed by atoms with van der Waals surface area (Å²) in [5.74, 6) is 0.170. The van der Waals surface area contributed by atoms with Gasteiger partial charge in [-0.3, -0.25) is 9.69 Å². The molecule has 0 aliphatic carbocycles. The molecule has 88 valence electrons. The van der Waals surface area contributed by atoms with Gasteiger partial charge in [0.2, 0.25) is 5.91 Å². The van der Waals surface area contributed by atoms with Gasteiger partial charge < -0.3 is 15.3 Å². The number of carbonyl (C=O) groups is 1. The van der Waals surface area contributed by atoms with Crippen LogP contribution in [0.3, 0.4) is 0 Å². The Balaban J connectivity index is 2.35. The van der Waals surface area contributed by atoms with Gasteiger partial charge in [0.25, 0.3) is 0 Å². The third kappa shape index (κ3) is 4.15. The highest BCUT2D eigenvalue weighted by Gasteiger charge is 2.17. The monoisotopic (exact) mass is 215 g/mol. The third-order valence-electron chi connectivity index (χ3n) is 2.69. The van der Waals surface area contributed by atoms with Crippen LogP contribution in [0.4, 0.5) is 0 Å². The summed E-state index contributed by atoms with van der Waals surface area (Å²) in [7, 11) is 1.79. The summed E-state index contributed by atoms with van der Waals surface area (Å²) < 4.78 is 0. The second-order valence-corrected chi connectivity index (χ2v) is 3.83. The summed E-state index contributed by atoms with van der Waals surface area (Å²) >= 11 is 0. The van der Waals surface area contributed by atoms with Gasteiger partial charge in [0.05, 0.1) is 13.2 Å². The molecule has 1 fully saturated rings. The smallest absolute Gasteiger partial charge is 0.236 e. The van der Waals surface area contributed by atoms with E-state index in [1.54, 1.807) is 7.05 Å². The maximum atomic E-state index is 11.6. The van der Waals surface area contributed by atoms with E-state index in [9.17, 15) is 4.79 Å². The molecule has 1 heterocycles. The van der Waals surface area contributed by atoms with Gasteiger partial charge in [-0.1, -0.05) is 0 Å². The highest BCUT2D eigenvalue weighted by atomic mass is 16.3. The van der Waals surface area contributed by atoms with Gasteiger partial charge in [-0.2, -0.15) is 0 Å². The predicted molar refractivity (Wildman–Crippen MR) is 58.6 cm³/mol. The van der Waals surface area contributed by atoms with E-state index >= 15 is 0 Å². The summed E-state index contributed by atoms with van der Waals surface area (Å²) in [5.41, 5.74) is 0. The van der Waals surface area contributed by atoms with Gasteiger partial charge in [0.1, 0.15) is 0 Å². The molecule has 1 rings (SSSR count). The molecular formula is C10H21N3O2. The molecule has 1 amide bonds. The predicted octanol–water partition coefficient (Wildman–Crippen LogP) is -1.27. The minimum Gasteiger partial charge on any atom is -0.395 e. The van der Waals surface area contributed by atoms with E-state index in [1.165, 1.54) is 0 Å². The van der Waals surface area contributed by atoms with Gasteiger partial charge in [-0.25, -0.2) is 0 Å². The molecule has 1 saturated heterocycles. The molecular weight excluding hydrogens is 194 g/mol. The molecule has 0 atom stereocenters. The first-order valence-corrected chi connectivity index (χ1v) is 5.53. The zero-order chi connectivity index (χ0) is 11.1. The maximum Gasteiger partial charge on any atom is 0.236 e. The van der Waals surface area contributed by atoms with Crippen LogP contribution in [0.25, 0.3) is 0 Å². The van der Waals surface area contributed by atoms with E-state index in [2.05, 4.69) is 10.2 Å². The Hall–Kier alpha value is -0.650. The maximum absolute atomic E-state index is 11.6. The minimum atomic E-state index is 0.170. The quantitative estimate of drug-likeness (QED) is 0.614. The summed E-state index contributed by atoms with van der Waals surface area (Å²) in [6.45, 7) is 4.79. The van der Waals surface area contributed by atoms with Gasteiger partial charge >= 0.3 is 0 Å². The second-order valence-electron chi connectivity index (χ2n) is 3.83. The average molecular weight is 215 g/mol. The number of aliphatic hydroxyl groups is 1. The normalized spacial score (nSPS) is 18.9. The summed E-state index contributed by atoms with van der Waals surface area (Å²) in [5, 5.41) is 11.7. The number of aliphatic hydroxyl groups excluding tert-OH is 1. The molecule has 0 aromatic rings. The SMILES string of the molecule is CNCC(=O)N1CCCN(CCO)CC1. The van der Waals surface area contributed by atoms with E-state index in [1.807, 2.05) is 4.90 Å². The fourth-order valence-electron chi connectivity index (χ4n) is 1.85. The topological polar surface area (TPSA) is 55.8 Å². The lowest BCUT2D eigenvalue weighted by molar-refractivity contribution is -0.130. The molecule has 0 aromatic carbocycles. The number of β-amino-alcohol motifs (C(OH)–C–C–N with tert-alkyl or cyclic N) is 1. The summed E-state index contributed by atoms with van der Waals surface area (Å²) in [6, 6.07) is 0. The molecule has 0 aromatic heterocycles. The molecule has 0 spiro atoms. The fourth-order valence-corrected chi connectivity index (χ4v) is 1.85. The summed E-state index contributed by atoms with van der Waals surface area (Å²) in [4.78, 5) is 15.7. The Morgan fingerprint density at radius 3 is 2.80 bits per heavy atom. The Labute approximate surface area is 91.0 Å². The van der Waals surface area contributed by atoms with E-state index < -0.39 is 0 Å². The molecule has 0 saturated carbocycles. The lowest BCUT2D eigenvalue weighted by Gasteiger charge is -2.21. The fraction of sp³-hybridized carbons (Fsp3) is 0.900. The van der Waals surface area contributed by atoms with Gasteiger partial charge in [-0.15, -0.1) is 0 Å². The molecule has 0 radical (unpaired) electrons. The van der Waals surface area contributed by atoms with E-state index in [0.29, 0.717) is 13.1 Å². The van der Waals surface area contributed by atoms with Crippen LogP contribution in [0.1, 0.15) is 6.42 Å². The van der Waals surface area contributed by atoms with Gasteiger partial charge in [0, 0.05) is 26.2 Å². The summed E-state index contributed by atoms with van der Waals surface area (Å²) in [6.07, 6.45) is 0.995. The first-order valence-electron chi connectivity index (χ1n) is 5.53. The molecule has 5 nitrogen and oxygen atoms in total. The van der Waals surface area contributed by atoms with Crippen molar-refractivity contribution < 1.29 is 9.90 Å². The number of likely N-dealkylation sites (N-methyl/N-ethyl adjacent to an activating group) is 1. The van der Waals surface area contributed by atoms with Crippen LogP contribution in [0.15, 0.2) is 0 Å². The average Bonchev–Trinajstić information content (AvgIpc) is 2.44. The number of nitrogens with zero attached hydrogens (tertiary/aromatic N) is 2. The van der Waals surface area contributed by atoms with Crippen molar-refractivity contribution >= 4 is 5.91 Å². The molecule has 15 heavy (non-hydrogen) atoms. The number of nitrogens with one attached hydrogen (secondary N) is 1. The first-order chi connectivity index (χ1) is 7.27.